The quantitative estimate of drug-likeness (QED) is 0.882. The molecule has 0 aliphatic carbocycles. The SMILES string of the molecule is Brc1ccc(CNC2CCCNC2)cc1.Cl.Cl. The Hall–Kier alpha value is 0.200. The molecule has 0 bridgehead atoms. The van der Waals surface area contributed by atoms with Crippen LogP contribution in [0.15, 0.2) is 28.7 Å². The number of rotatable bonds is 3. The molecule has 1 atom stereocenters. The van der Waals surface area contributed by atoms with Crippen molar-refractivity contribution in [1.29, 1.82) is 0 Å². The van der Waals surface area contributed by atoms with Crippen molar-refractivity contribution in [2.75, 3.05) is 13.1 Å². The van der Waals surface area contributed by atoms with Crippen LogP contribution in [0.5, 0.6) is 0 Å². The summed E-state index contributed by atoms with van der Waals surface area (Å²) in [6.45, 7) is 3.26. The van der Waals surface area contributed by atoms with Crippen molar-refractivity contribution in [2.24, 2.45) is 0 Å². The van der Waals surface area contributed by atoms with Crippen LogP contribution in [-0.2, 0) is 6.54 Å². The second kappa shape index (κ2) is 9.17. The zero-order valence-corrected chi connectivity index (χ0v) is 12.8. The summed E-state index contributed by atoms with van der Waals surface area (Å²) in [5.74, 6) is 0. The van der Waals surface area contributed by atoms with E-state index >= 15 is 0 Å². The fraction of sp³-hybridized carbons (Fsp3) is 0.500. The summed E-state index contributed by atoms with van der Waals surface area (Å²) in [5.41, 5.74) is 1.35. The second-order valence-electron chi connectivity index (χ2n) is 4.05. The summed E-state index contributed by atoms with van der Waals surface area (Å²) < 4.78 is 1.14. The van der Waals surface area contributed by atoms with Crippen molar-refractivity contribution < 1.29 is 0 Å². The van der Waals surface area contributed by atoms with Crippen LogP contribution in [0, 0.1) is 0 Å². The molecular weight excluding hydrogens is 323 g/mol. The highest BCUT2D eigenvalue weighted by Gasteiger charge is 2.11. The summed E-state index contributed by atoms with van der Waals surface area (Å²) >= 11 is 3.44. The van der Waals surface area contributed by atoms with Crippen LogP contribution in [-0.4, -0.2) is 19.1 Å². The molecule has 2 nitrogen and oxygen atoms in total. The molecule has 1 unspecified atom stereocenters. The molecule has 1 heterocycles. The molecule has 1 aromatic rings. The molecule has 1 aliphatic heterocycles. The van der Waals surface area contributed by atoms with E-state index in [2.05, 4.69) is 50.8 Å². The van der Waals surface area contributed by atoms with Crippen molar-refractivity contribution in [2.45, 2.75) is 25.4 Å². The largest absolute Gasteiger partial charge is 0.315 e. The molecule has 1 fully saturated rings. The lowest BCUT2D eigenvalue weighted by Gasteiger charge is -2.23. The minimum atomic E-state index is 0. The van der Waals surface area contributed by atoms with Crippen LogP contribution in [0.3, 0.4) is 0 Å². The monoisotopic (exact) mass is 340 g/mol. The van der Waals surface area contributed by atoms with Gasteiger partial charge in [0.05, 0.1) is 0 Å². The van der Waals surface area contributed by atoms with Gasteiger partial charge in [0.1, 0.15) is 0 Å². The normalized spacial score (nSPS) is 19.0. The van der Waals surface area contributed by atoms with E-state index in [4.69, 9.17) is 0 Å². The van der Waals surface area contributed by atoms with Crippen LogP contribution in [0.2, 0.25) is 0 Å². The minimum Gasteiger partial charge on any atom is -0.315 e. The van der Waals surface area contributed by atoms with Gasteiger partial charge in [-0.05, 0) is 37.1 Å². The Kier molecular flexibility index (Phi) is 9.28. The maximum atomic E-state index is 3.58. The fourth-order valence-electron chi connectivity index (χ4n) is 1.89. The van der Waals surface area contributed by atoms with Gasteiger partial charge in [-0.15, -0.1) is 24.8 Å². The number of nitrogens with one attached hydrogen (secondary N) is 2. The Morgan fingerprint density at radius 3 is 2.53 bits per heavy atom. The molecular formula is C12H19BrCl2N2. The molecule has 1 aromatic carbocycles. The van der Waals surface area contributed by atoms with E-state index in [0.29, 0.717) is 6.04 Å². The van der Waals surface area contributed by atoms with Gasteiger partial charge in [-0.25, -0.2) is 0 Å². The average molecular weight is 342 g/mol. The summed E-state index contributed by atoms with van der Waals surface area (Å²) in [7, 11) is 0. The highest BCUT2D eigenvalue weighted by atomic mass is 79.9. The van der Waals surface area contributed by atoms with E-state index in [0.717, 1.165) is 17.6 Å². The first-order valence-corrected chi connectivity index (χ1v) is 6.32. The number of benzene rings is 1. The molecule has 0 spiro atoms. The molecule has 5 heteroatoms. The van der Waals surface area contributed by atoms with Gasteiger partial charge in [0.15, 0.2) is 0 Å². The van der Waals surface area contributed by atoms with Crippen molar-refractivity contribution in [3.05, 3.63) is 34.3 Å². The summed E-state index contributed by atoms with van der Waals surface area (Å²) in [5, 5.41) is 6.99. The van der Waals surface area contributed by atoms with Crippen molar-refractivity contribution in [3.8, 4) is 0 Å². The Labute approximate surface area is 124 Å². The molecule has 98 valence electrons. The predicted molar refractivity (Wildman–Crippen MR) is 81.4 cm³/mol. The third kappa shape index (κ3) is 6.07. The number of halogens is 3. The topological polar surface area (TPSA) is 24.1 Å². The van der Waals surface area contributed by atoms with Gasteiger partial charge in [-0.3, -0.25) is 0 Å². The Morgan fingerprint density at radius 2 is 1.94 bits per heavy atom. The Bertz CT molecular complexity index is 300. The van der Waals surface area contributed by atoms with Gasteiger partial charge < -0.3 is 10.6 Å². The standard InChI is InChI=1S/C12H17BrN2.2ClH/c13-11-5-3-10(4-6-11)8-15-12-2-1-7-14-9-12;;/h3-6,12,14-15H,1-2,7-9H2;2*1H. The van der Waals surface area contributed by atoms with Gasteiger partial charge in [0.2, 0.25) is 0 Å². The van der Waals surface area contributed by atoms with Crippen LogP contribution in [0.25, 0.3) is 0 Å². The van der Waals surface area contributed by atoms with Crippen LogP contribution in [0.4, 0.5) is 0 Å². The summed E-state index contributed by atoms with van der Waals surface area (Å²) in [6.07, 6.45) is 2.58. The third-order valence-electron chi connectivity index (χ3n) is 2.80. The molecule has 0 saturated carbocycles. The van der Waals surface area contributed by atoms with E-state index in [1.807, 2.05) is 0 Å². The Morgan fingerprint density at radius 1 is 1.24 bits per heavy atom. The van der Waals surface area contributed by atoms with E-state index in [9.17, 15) is 0 Å². The van der Waals surface area contributed by atoms with Gasteiger partial charge in [0.25, 0.3) is 0 Å². The zero-order valence-electron chi connectivity index (χ0n) is 9.62. The number of piperidine rings is 1. The minimum absolute atomic E-state index is 0. The maximum Gasteiger partial charge on any atom is 0.0208 e. The molecule has 17 heavy (non-hydrogen) atoms. The van der Waals surface area contributed by atoms with Crippen LogP contribution in [0.1, 0.15) is 18.4 Å². The molecule has 2 rings (SSSR count). The van der Waals surface area contributed by atoms with E-state index < -0.39 is 0 Å². The molecule has 1 saturated heterocycles. The van der Waals surface area contributed by atoms with Crippen molar-refractivity contribution >= 4 is 40.7 Å². The Balaban J connectivity index is 0.00000128. The van der Waals surface area contributed by atoms with E-state index in [-0.39, 0.29) is 24.8 Å². The summed E-state index contributed by atoms with van der Waals surface area (Å²) in [6, 6.07) is 9.15. The molecule has 0 radical (unpaired) electrons. The lowest BCUT2D eigenvalue weighted by Crippen LogP contribution is -2.42. The lowest BCUT2D eigenvalue weighted by molar-refractivity contribution is 0.389. The number of hydrogen-bond acceptors (Lipinski definition) is 2. The molecule has 0 amide bonds. The van der Waals surface area contributed by atoms with Gasteiger partial charge in [-0.2, -0.15) is 0 Å². The van der Waals surface area contributed by atoms with E-state index in [1.54, 1.807) is 0 Å². The first-order chi connectivity index (χ1) is 7.34. The van der Waals surface area contributed by atoms with Crippen molar-refractivity contribution in [1.82, 2.24) is 10.6 Å². The zero-order chi connectivity index (χ0) is 10.5. The second-order valence-corrected chi connectivity index (χ2v) is 4.97. The van der Waals surface area contributed by atoms with Crippen LogP contribution < -0.4 is 10.6 Å². The molecule has 0 aromatic heterocycles. The van der Waals surface area contributed by atoms with Gasteiger partial charge >= 0.3 is 0 Å². The smallest absolute Gasteiger partial charge is 0.0208 e. The predicted octanol–water partition coefficient (Wildman–Crippen LogP) is 3.13. The summed E-state index contributed by atoms with van der Waals surface area (Å²) in [4.78, 5) is 0. The first kappa shape index (κ1) is 17.2. The maximum absolute atomic E-state index is 3.58. The lowest BCUT2D eigenvalue weighted by atomic mass is 10.1. The van der Waals surface area contributed by atoms with Gasteiger partial charge in [-0.1, -0.05) is 28.1 Å². The average Bonchev–Trinajstić information content (AvgIpc) is 2.30. The van der Waals surface area contributed by atoms with Crippen molar-refractivity contribution in [3.63, 3.8) is 0 Å². The highest BCUT2D eigenvalue weighted by molar-refractivity contribution is 9.10. The van der Waals surface area contributed by atoms with Gasteiger partial charge in [0, 0.05) is 23.6 Å². The fourth-order valence-corrected chi connectivity index (χ4v) is 2.15. The number of hydrogen-bond donors (Lipinski definition) is 2. The van der Waals surface area contributed by atoms with Crippen LogP contribution >= 0.6 is 40.7 Å². The van der Waals surface area contributed by atoms with E-state index in [1.165, 1.54) is 24.9 Å². The highest BCUT2D eigenvalue weighted by Crippen LogP contribution is 2.11. The molecule has 1 aliphatic rings. The third-order valence-corrected chi connectivity index (χ3v) is 3.33. The molecule has 2 N–H and O–H groups in total. The first-order valence-electron chi connectivity index (χ1n) is 5.53.